The lowest BCUT2D eigenvalue weighted by Crippen LogP contribution is -2.48. The van der Waals surface area contributed by atoms with Crippen LogP contribution >= 0.6 is 0 Å². The van der Waals surface area contributed by atoms with Gasteiger partial charge in [0.05, 0.1) is 11.9 Å². The first-order chi connectivity index (χ1) is 12.2. The number of sulfonamides is 1. The van der Waals surface area contributed by atoms with Crippen LogP contribution in [0.3, 0.4) is 0 Å². The highest BCUT2D eigenvalue weighted by molar-refractivity contribution is 7.92. The lowest BCUT2D eigenvalue weighted by atomic mass is 10.2. The molecule has 9 heteroatoms. The molecule has 0 saturated heterocycles. The summed E-state index contributed by atoms with van der Waals surface area (Å²) in [6.07, 6.45) is 1.87. The van der Waals surface area contributed by atoms with Crippen LogP contribution in [-0.2, 0) is 14.8 Å². The number of hydrogen-bond acceptors (Lipinski definition) is 6. The third kappa shape index (κ3) is 5.25. The molecule has 1 aliphatic heterocycles. The van der Waals surface area contributed by atoms with Crippen molar-refractivity contribution in [1.29, 1.82) is 0 Å². The Morgan fingerprint density at radius 1 is 1.23 bits per heavy atom. The second-order valence-corrected chi connectivity index (χ2v) is 8.37. The summed E-state index contributed by atoms with van der Waals surface area (Å²) < 4.78 is 36.7. The van der Waals surface area contributed by atoms with Gasteiger partial charge in [-0.05, 0) is 46.1 Å². The van der Waals surface area contributed by atoms with E-state index in [1.807, 2.05) is 19.0 Å². The maximum atomic E-state index is 12.5. The molecule has 1 amide bonds. The molecule has 1 aromatic carbocycles. The third-order valence-electron chi connectivity index (χ3n) is 3.95. The molecule has 2 rings (SSSR count). The molecule has 1 N–H and O–H groups in total. The highest BCUT2D eigenvalue weighted by Crippen LogP contribution is 2.35. The molecule has 146 valence electrons. The van der Waals surface area contributed by atoms with Gasteiger partial charge in [0.2, 0.25) is 15.9 Å². The Morgan fingerprint density at radius 2 is 1.88 bits per heavy atom. The Labute approximate surface area is 155 Å². The number of fused-ring (bicyclic) bond motifs is 1. The average molecular weight is 385 g/mol. The molecule has 1 atom stereocenters. The van der Waals surface area contributed by atoms with Gasteiger partial charge < -0.3 is 19.7 Å². The van der Waals surface area contributed by atoms with Gasteiger partial charge in [0.25, 0.3) is 0 Å². The largest absolute Gasteiger partial charge is 0.486 e. The number of carbonyl (C=O) groups excluding carboxylic acids is 1. The summed E-state index contributed by atoms with van der Waals surface area (Å²) in [6.45, 7) is 3.75. The van der Waals surface area contributed by atoms with Gasteiger partial charge in [0.15, 0.2) is 11.5 Å². The van der Waals surface area contributed by atoms with Crippen molar-refractivity contribution in [2.45, 2.75) is 19.4 Å². The molecule has 1 aliphatic rings. The smallest absolute Gasteiger partial charge is 0.243 e. The van der Waals surface area contributed by atoms with Gasteiger partial charge in [-0.2, -0.15) is 0 Å². The molecule has 0 bridgehead atoms. The van der Waals surface area contributed by atoms with Crippen molar-refractivity contribution in [2.24, 2.45) is 0 Å². The van der Waals surface area contributed by atoms with E-state index in [-0.39, 0.29) is 5.91 Å². The Kier molecular flexibility index (Phi) is 6.71. The normalized spacial score (nSPS) is 14.8. The number of nitrogens with zero attached hydrogens (tertiary/aromatic N) is 2. The molecule has 1 aromatic rings. The fourth-order valence-electron chi connectivity index (χ4n) is 2.73. The minimum absolute atomic E-state index is 0.343. The molecular weight excluding hydrogens is 358 g/mol. The first kappa shape index (κ1) is 20.3. The van der Waals surface area contributed by atoms with Crippen molar-refractivity contribution in [3.8, 4) is 11.5 Å². The Morgan fingerprint density at radius 3 is 2.50 bits per heavy atom. The van der Waals surface area contributed by atoms with Crippen LogP contribution in [0.4, 0.5) is 5.69 Å². The quantitative estimate of drug-likeness (QED) is 0.662. The molecule has 0 aromatic heterocycles. The number of ether oxygens (including phenoxy) is 2. The standard InChI is InChI=1S/C17H27N3O5S/c1-13(17(21)18-8-5-9-19(2)3)20(26(4,22)23)14-6-7-15-16(12-14)25-11-10-24-15/h6-7,12-13H,5,8-11H2,1-4H3,(H,18,21). The second kappa shape index (κ2) is 8.59. The number of benzene rings is 1. The maximum Gasteiger partial charge on any atom is 0.243 e. The van der Waals surface area contributed by atoms with Gasteiger partial charge in [0, 0.05) is 12.6 Å². The zero-order valence-electron chi connectivity index (χ0n) is 15.7. The summed E-state index contributed by atoms with van der Waals surface area (Å²) in [7, 11) is 0.247. The van der Waals surface area contributed by atoms with Crippen LogP contribution in [-0.4, -0.2) is 71.9 Å². The van der Waals surface area contributed by atoms with Crippen molar-refractivity contribution in [3.05, 3.63) is 18.2 Å². The number of hydrogen-bond donors (Lipinski definition) is 1. The van der Waals surface area contributed by atoms with Crippen molar-refractivity contribution < 1.29 is 22.7 Å². The van der Waals surface area contributed by atoms with Crippen LogP contribution in [0, 0.1) is 0 Å². The van der Waals surface area contributed by atoms with Gasteiger partial charge in [-0.1, -0.05) is 0 Å². The van der Waals surface area contributed by atoms with Crippen LogP contribution in [0.2, 0.25) is 0 Å². The highest BCUT2D eigenvalue weighted by Gasteiger charge is 2.30. The van der Waals surface area contributed by atoms with Gasteiger partial charge in [-0.25, -0.2) is 8.42 Å². The van der Waals surface area contributed by atoms with E-state index in [4.69, 9.17) is 9.47 Å². The minimum Gasteiger partial charge on any atom is -0.486 e. The Bertz CT molecular complexity index is 736. The van der Waals surface area contributed by atoms with Crippen LogP contribution in [0.15, 0.2) is 18.2 Å². The molecule has 0 radical (unpaired) electrons. The molecule has 0 fully saturated rings. The molecule has 8 nitrogen and oxygen atoms in total. The molecule has 0 aliphatic carbocycles. The molecule has 1 unspecified atom stereocenters. The fraction of sp³-hybridized carbons (Fsp3) is 0.588. The van der Waals surface area contributed by atoms with Crippen LogP contribution < -0.4 is 19.1 Å². The molecular formula is C17H27N3O5S. The Balaban J connectivity index is 2.15. The Hall–Kier alpha value is -2.00. The van der Waals surface area contributed by atoms with Crippen molar-refractivity contribution in [3.63, 3.8) is 0 Å². The third-order valence-corrected chi connectivity index (χ3v) is 5.19. The number of amides is 1. The lowest BCUT2D eigenvalue weighted by molar-refractivity contribution is -0.121. The topological polar surface area (TPSA) is 88.2 Å². The number of carbonyl (C=O) groups is 1. The summed E-state index contributed by atoms with van der Waals surface area (Å²) in [5, 5.41) is 2.79. The van der Waals surface area contributed by atoms with E-state index in [2.05, 4.69) is 5.32 Å². The van der Waals surface area contributed by atoms with E-state index in [1.54, 1.807) is 25.1 Å². The fourth-order valence-corrected chi connectivity index (χ4v) is 3.90. The number of anilines is 1. The molecule has 0 spiro atoms. The first-order valence-corrected chi connectivity index (χ1v) is 10.4. The van der Waals surface area contributed by atoms with Crippen LogP contribution in [0.5, 0.6) is 11.5 Å². The van der Waals surface area contributed by atoms with Gasteiger partial charge >= 0.3 is 0 Å². The van der Waals surface area contributed by atoms with E-state index < -0.39 is 16.1 Å². The maximum absolute atomic E-state index is 12.5. The van der Waals surface area contributed by atoms with Gasteiger partial charge in [-0.15, -0.1) is 0 Å². The van der Waals surface area contributed by atoms with Gasteiger partial charge in [-0.3, -0.25) is 9.10 Å². The summed E-state index contributed by atoms with van der Waals surface area (Å²) in [5.74, 6) is 0.694. The second-order valence-electron chi connectivity index (χ2n) is 6.51. The van der Waals surface area contributed by atoms with Crippen LogP contribution in [0.1, 0.15) is 13.3 Å². The van der Waals surface area contributed by atoms with E-state index >= 15 is 0 Å². The molecule has 26 heavy (non-hydrogen) atoms. The summed E-state index contributed by atoms with van der Waals surface area (Å²) in [5.41, 5.74) is 0.368. The van der Waals surface area contributed by atoms with E-state index in [1.165, 1.54) is 0 Å². The van der Waals surface area contributed by atoms with E-state index in [0.717, 1.165) is 23.5 Å². The van der Waals surface area contributed by atoms with Crippen molar-refractivity contribution >= 4 is 21.6 Å². The number of rotatable bonds is 8. The van der Waals surface area contributed by atoms with E-state index in [0.29, 0.717) is 36.9 Å². The zero-order chi connectivity index (χ0) is 19.3. The van der Waals surface area contributed by atoms with E-state index in [9.17, 15) is 13.2 Å². The lowest BCUT2D eigenvalue weighted by Gasteiger charge is -2.29. The predicted molar refractivity (Wildman–Crippen MR) is 100 cm³/mol. The predicted octanol–water partition coefficient (Wildman–Crippen LogP) is 0.680. The first-order valence-electron chi connectivity index (χ1n) is 8.51. The summed E-state index contributed by atoms with van der Waals surface area (Å²) in [4.78, 5) is 14.5. The van der Waals surface area contributed by atoms with Gasteiger partial charge in [0.1, 0.15) is 19.3 Å². The monoisotopic (exact) mass is 385 g/mol. The highest BCUT2D eigenvalue weighted by atomic mass is 32.2. The van der Waals surface area contributed by atoms with Crippen molar-refractivity contribution in [1.82, 2.24) is 10.2 Å². The SMILES string of the molecule is CC(C(=O)NCCCN(C)C)N(c1ccc2c(c1)OCCO2)S(C)(=O)=O. The minimum atomic E-state index is -3.66. The molecule has 1 heterocycles. The van der Waals surface area contributed by atoms with Crippen molar-refractivity contribution in [2.75, 3.05) is 51.0 Å². The summed E-state index contributed by atoms with van der Waals surface area (Å²) in [6, 6.07) is 3.98. The summed E-state index contributed by atoms with van der Waals surface area (Å²) >= 11 is 0. The zero-order valence-corrected chi connectivity index (χ0v) is 16.5. The average Bonchev–Trinajstić information content (AvgIpc) is 2.57. The number of nitrogens with one attached hydrogen (secondary N) is 1. The molecule has 0 saturated carbocycles. The van der Waals surface area contributed by atoms with Crippen LogP contribution in [0.25, 0.3) is 0 Å².